The van der Waals surface area contributed by atoms with Crippen LogP contribution in [0.15, 0.2) is 30.3 Å². The summed E-state index contributed by atoms with van der Waals surface area (Å²) in [6.45, 7) is 3.82. The van der Waals surface area contributed by atoms with Crippen molar-refractivity contribution >= 4 is 29.5 Å². The van der Waals surface area contributed by atoms with E-state index in [4.69, 9.17) is 4.74 Å². The third-order valence-electron chi connectivity index (χ3n) is 4.39. The molecule has 2 aliphatic rings. The van der Waals surface area contributed by atoms with Gasteiger partial charge in [0.15, 0.2) is 0 Å². The number of rotatable bonds is 4. The number of benzene rings is 1. The highest BCUT2D eigenvalue weighted by Gasteiger charge is 2.64. The minimum atomic E-state index is -0.618. The van der Waals surface area contributed by atoms with Gasteiger partial charge >= 0.3 is 5.97 Å². The molecule has 1 aromatic carbocycles. The first-order valence-electron chi connectivity index (χ1n) is 7.76. The molecule has 0 saturated carbocycles. The smallest absolute Gasteiger partial charge is 0.330 e. The van der Waals surface area contributed by atoms with E-state index in [0.29, 0.717) is 0 Å². The highest BCUT2D eigenvalue weighted by molar-refractivity contribution is 8.01. The van der Waals surface area contributed by atoms with Crippen molar-refractivity contribution in [3.63, 3.8) is 0 Å². The fraction of sp³-hybridized carbons (Fsp3) is 0.471. The lowest BCUT2D eigenvalue weighted by molar-refractivity contribution is -0.162. The molecular weight excluding hydrogens is 328 g/mol. The first-order valence-corrected chi connectivity index (χ1v) is 8.64. The standard InChI is InChI=1S/C17H20N2O4S/c1-17(2)13(16(22)23-3)19-14(21)12(15(19)24-17)18-11(20)9-10-7-5-4-6-8-10/h4-8,12-13,15H,9H2,1-3H3,(H,18,20)/t12?,13-,15+/m0/s1. The molecule has 128 valence electrons. The lowest BCUT2D eigenvalue weighted by atomic mass is 9.96. The molecule has 24 heavy (non-hydrogen) atoms. The summed E-state index contributed by atoms with van der Waals surface area (Å²) in [4.78, 5) is 38.2. The third kappa shape index (κ3) is 2.77. The van der Waals surface area contributed by atoms with Crippen molar-refractivity contribution in [1.29, 1.82) is 0 Å². The minimum Gasteiger partial charge on any atom is -0.467 e. The van der Waals surface area contributed by atoms with Gasteiger partial charge in [0.1, 0.15) is 17.5 Å². The molecule has 1 N–H and O–H groups in total. The van der Waals surface area contributed by atoms with Gasteiger partial charge in [0, 0.05) is 4.75 Å². The number of hydrogen-bond donors (Lipinski definition) is 1. The Bertz CT molecular complexity index is 676. The fourth-order valence-corrected chi connectivity index (χ4v) is 4.86. The number of ether oxygens (including phenoxy) is 1. The van der Waals surface area contributed by atoms with Gasteiger partial charge in [0.2, 0.25) is 11.8 Å². The van der Waals surface area contributed by atoms with Crippen LogP contribution in [0.25, 0.3) is 0 Å². The van der Waals surface area contributed by atoms with Crippen LogP contribution in [0.5, 0.6) is 0 Å². The van der Waals surface area contributed by atoms with Crippen molar-refractivity contribution in [3.8, 4) is 0 Å². The number of thioether (sulfide) groups is 1. The van der Waals surface area contributed by atoms with Crippen LogP contribution in [0, 0.1) is 0 Å². The Labute approximate surface area is 144 Å². The lowest BCUT2D eigenvalue weighted by Crippen LogP contribution is -2.70. The number of carbonyl (C=O) groups is 3. The molecule has 2 saturated heterocycles. The second-order valence-corrected chi connectivity index (χ2v) is 8.26. The molecule has 3 atom stereocenters. The minimum absolute atomic E-state index is 0.195. The van der Waals surface area contributed by atoms with Gasteiger partial charge in [-0.25, -0.2) is 4.79 Å². The molecule has 1 aromatic rings. The number of esters is 1. The Balaban J connectivity index is 1.67. The van der Waals surface area contributed by atoms with Gasteiger partial charge in [-0.3, -0.25) is 9.59 Å². The van der Waals surface area contributed by atoms with E-state index < -0.39 is 22.8 Å². The second kappa shape index (κ2) is 6.12. The maximum atomic E-state index is 12.4. The number of nitrogens with one attached hydrogen (secondary N) is 1. The van der Waals surface area contributed by atoms with E-state index in [1.165, 1.54) is 23.8 Å². The molecule has 0 bridgehead atoms. The summed E-state index contributed by atoms with van der Waals surface area (Å²) in [5.41, 5.74) is 0.894. The molecule has 2 aliphatic heterocycles. The molecule has 2 amide bonds. The summed E-state index contributed by atoms with van der Waals surface area (Å²) in [6, 6.07) is 8.17. The summed E-state index contributed by atoms with van der Waals surface area (Å²) in [6.07, 6.45) is 0.228. The van der Waals surface area contributed by atoms with E-state index >= 15 is 0 Å². The van der Waals surface area contributed by atoms with Crippen LogP contribution in [-0.4, -0.2) is 52.0 Å². The van der Waals surface area contributed by atoms with E-state index in [0.717, 1.165) is 5.56 Å². The van der Waals surface area contributed by atoms with Gasteiger partial charge in [-0.15, -0.1) is 11.8 Å². The van der Waals surface area contributed by atoms with Crippen LogP contribution in [-0.2, 0) is 25.5 Å². The van der Waals surface area contributed by atoms with Gasteiger partial charge in [0.25, 0.3) is 0 Å². The number of hydrogen-bond acceptors (Lipinski definition) is 5. The SMILES string of the molecule is COC(=O)[C@@H]1N2C(=O)C(NC(=O)Cc3ccccc3)[C@H]2SC1(C)C. The van der Waals surface area contributed by atoms with Crippen LogP contribution in [0.4, 0.5) is 0 Å². The summed E-state index contributed by atoms with van der Waals surface area (Å²) in [5, 5.41) is 2.57. The maximum absolute atomic E-state index is 12.4. The molecule has 0 aliphatic carbocycles. The summed E-state index contributed by atoms with van der Waals surface area (Å²) in [5.74, 6) is -0.841. The molecule has 7 heteroatoms. The molecule has 0 radical (unpaired) electrons. The molecule has 2 heterocycles. The van der Waals surface area contributed by atoms with Crippen molar-refractivity contribution in [3.05, 3.63) is 35.9 Å². The topological polar surface area (TPSA) is 75.7 Å². The van der Waals surface area contributed by atoms with Crippen LogP contribution in [0.1, 0.15) is 19.4 Å². The van der Waals surface area contributed by atoms with Crippen LogP contribution in [0.3, 0.4) is 0 Å². The molecule has 6 nitrogen and oxygen atoms in total. The average Bonchev–Trinajstić information content (AvgIpc) is 2.81. The maximum Gasteiger partial charge on any atom is 0.330 e. The highest BCUT2D eigenvalue weighted by atomic mass is 32.2. The largest absolute Gasteiger partial charge is 0.467 e. The number of amides is 2. The van der Waals surface area contributed by atoms with Crippen molar-refractivity contribution in [2.75, 3.05) is 7.11 Å². The number of fused-ring (bicyclic) bond motifs is 1. The lowest BCUT2D eigenvalue weighted by Gasteiger charge is -2.43. The highest BCUT2D eigenvalue weighted by Crippen LogP contribution is 2.50. The monoisotopic (exact) mass is 348 g/mol. The number of carbonyl (C=O) groups excluding carboxylic acids is 3. The van der Waals surface area contributed by atoms with Crippen LogP contribution in [0.2, 0.25) is 0 Å². The van der Waals surface area contributed by atoms with Gasteiger partial charge in [-0.2, -0.15) is 0 Å². The Morgan fingerprint density at radius 2 is 1.96 bits per heavy atom. The first kappa shape index (κ1) is 16.8. The van der Waals surface area contributed by atoms with Crippen molar-refractivity contribution in [2.45, 2.75) is 42.5 Å². The number of β-lactam (4-membered cyclic amide) rings is 1. The molecule has 0 aromatic heterocycles. The zero-order chi connectivity index (χ0) is 17.5. The fourth-order valence-electron chi connectivity index (χ4n) is 3.24. The summed E-state index contributed by atoms with van der Waals surface area (Å²) in [7, 11) is 1.32. The Morgan fingerprint density at radius 1 is 1.29 bits per heavy atom. The van der Waals surface area contributed by atoms with Gasteiger partial charge < -0.3 is 15.0 Å². The first-order chi connectivity index (χ1) is 11.3. The second-order valence-electron chi connectivity index (χ2n) is 6.49. The Kier molecular flexibility index (Phi) is 4.29. The van der Waals surface area contributed by atoms with E-state index in [1.54, 1.807) is 0 Å². The summed E-state index contributed by atoms with van der Waals surface area (Å²) >= 11 is 1.52. The number of nitrogens with zero attached hydrogens (tertiary/aromatic N) is 1. The van der Waals surface area contributed by atoms with E-state index in [1.807, 2.05) is 44.2 Å². The van der Waals surface area contributed by atoms with E-state index in [2.05, 4.69) is 5.32 Å². The van der Waals surface area contributed by atoms with Crippen molar-refractivity contribution in [2.24, 2.45) is 0 Å². The van der Waals surface area contributed by atoms with E-state index in [-0.39, 0.29) is 23.6 Å². The normalized spacial score (nSPS) is 27.2. The molecular formula is C17H20N2O4S. The van der Waals surface area contributed by atoms with Crippen LogP contribution >= 0.6 is 11.8 Å². The summed E-state index contributed by atoms with van der Waals surface area (Å²) < 4.78 is 4.38. The molecule has 1 unspecified atom stereocenters. The van der Waals surface area contributed by atoms with Gasteiger partial charge in [0.05, 0.1) is 13.5 Å². The predicted octanol–water partition coefficient (Wildman–Crippen LogP) is 0.949. The van der Waals surface area contributed by atoms with Crippen molar-refractivity contribution < 1.29 is 19.1 Å². The molecule has 2 fully saturated rings. The zero-order valence-corrected chi connectivity index (χ0v) is 14.6. The molecule has 0 spiro atoms. The number of methoxy groups -OCH3 is 1. The van der Waals surface area contributed by atoms with Gasteiger partial charge in [-0.05, 0) is 19.4 Å². The Morgan fingerprint density at radius 3 is 2.58 bits per heavy atom. The van der Waals surface area contributed by atoms with E-state index in [9.17, 15) is 14.4 Å². The predicted molar refractivity (Wildman–Crippen MR) is 90.2 cm³/mol. The third-order valence-corrected chi connectivity index (χ3v) is 5.96. The van der Waals surface area contributed by atoms with Crippen molar-refractivity contribution in [1.82, 2.24) is 10.2 Å². The average molecular weight is 348 g/mol. The zero-order valence-electron chi connectivity index (χ0n) is 13.8. The van der Waals surface area contributed by atoms with Gasteiger partial charge in [-0.1, -0.05) is 30.3 Å². The van der Waals surface area contributed by atoms with Crippen LogP contribution < -0.4 is 5.32 Å². The quantitative estimate of drug-likeness (QED) is 0.648. The Hall–Kier alpha value is -2.02. The molecule has 3 rings (SSSR count).